The standard InChI is InChI=1S/C18H14Br2N6OS/c19-10-1-5-12(6-2-10)22-14-9-15(25-26-18(21)28)17(27)24-16(14)23-13-7-3-11(20)4-8-13/h1-9,22H,(H2,21,28)(H2,23,24,27). The van der Waals surface area contributed by atoms with Gasteiger partial charge in [0.2, 0.25) is 5.11 Å². The molecule has 10 heteroatoms. The monoisotopic (exact) mass is 520 g/mol. The Labute approximate surface area is 182 Å². The summed E-state index contributed by atoms with van der Waals surface area (Å²) in [5.41, 5.74) is 7.21. The van der Waals surface area contributed by atoms with Gasteiger partial charge in [-0.15, -0.1) is 10.2 Å². The number of pyridine rings is 1. The van der Waals surface area contributed by atoms with Gasteiger partial charge in [-0.05, 0) is 66.8 Å². The van der Waals surface area contributed by atoms with Crippen LogP contribution in [-0.2, 0) is 0 Å². The van der Waals surface area contributed by atoms with Crippen LogP contribution in [0.2, 0.25) is 0 Å². The number of nitrogens with one attached hydrogen (secondary N) is 3. The molecule has 1 aromatic heterocycles. The molecule has 0 atom stereocenters. The van der Waals surface area contributed by atoms with Crippen LogP contribution in [-0.4, -0.2) is 10.1 Å². The van der Waals surface area contributed by atoms with Crippen LogP contribution < -0.4 is 21.9 Å². The van der Waals surface area contributed by atoms with Crippen molar-refractivity contribution in [2.45, 2.75) is 0 Å². The van der Waals surface area contributed by atoms with Crippen molar-refractivity contribution in [1.29, 1.82) is 0 Å². The van der Waals surface area contributed by atoms with E-state index in [-0.39, 0.29) is 10.8 Å². The Morgan fingerprint density at radius 1 is 0.964 bits per heavy atom. The van der Waals surface area contributed by atoms with Crippen molar-refractivity contribution in [3.05, 3.63) is 73.9 Å². The predicted molar refractivity (Wildman–Crippen MR) is 123 cm³/mol. The number of hydrogen-bond acceptors (Lipinski definition) is 5. The molecule has 3 aromatic rings. The summed E-state index contributed by atoms with van der Waals surface area (Å²) in [6.07, 6.45) is 0. The van der Waals surface area contributed by atoms with Gasteiger partial charge >= 0.3 is 0 Å². The molecular weight excluding hydrogens is 508 g/mol. The van der Waals surface area contributed by atoms with E-state index in [1.54, 1.807) is 6.07 Å². The Morgan fingerprint density at radius 3 is 2.04 bits per heavy atom. The van der Waals surface area contributed by atoms with Crippen molar-refractivity contribution in [3.8, 4) is 0 Å². The largest absolute Gasteiger partial charge is 0.373 e. The molecule has 0 aliphatic carbocycles. The van der Waals surface area contributed by atoms with Crippen LogP contribution in [0.3, 0.4) is 0 Å². The molecule has 0 saturated heterocycles. The summed E-state index contributed by atoms with van der Waals surface area (Å²) in [5, 5.41) is 13.7. The molecule has 0 radical (unpaired) electrons. The third kappa shape index (κ3) is 5.47. The van der Waals surface area contributed by atoms with Gasteiger partial charge in [-0.1, -0.05) is 31.9 Å². The highest BCUT2D eigenvalue weighted by Crippen LogP contribution is 2.29. The van der Waals surface area contributed by atoms with Gasteiger partial charge < -0.3 is 21.4 Å². The second-order valence-corrected chi connectivity index (χ2v) is 7.82. The molecule has 1 heterocycles. The van der Waals surface area contributed by atoms with Gasteiger partial charge in [-0.2, -0.15) is 0 Å². The first-order valence-corrected chi connectivity index (χ1v) is 9.94. The minimum atomic E-state index is -0.430. The quantitative estimate of drug-likeness (QED) is 0.254. The van der Waals surface area contributed by atoms with Gasteiger partial charge in [-0.3, -0.25) is 4.79 Å². The summed E-state index contributed by atoms with van der Waals surface area (Å²) in [7, 11) is 0. The Kier molecular flexibility index (Phi) is 6.55. The number of nitrogens with zero attached hydrogens (tertiary/aromatic N) is 2. The van der Waals surface area contributed by atoms with Crippen molar-refractivity contribution in [2.75, 3.05) is 10.6 Å². The lowest BCUT2D eigenvalue weighted by atomic mass is 10.2. The van der Waals surface area contributed by atoms with Crippen LogP contribution >= 0.6 is 44.1 Å². The highest BCUT2D eigenvalue weighted by molar-refractivity contribution is 9.10. The molecule has 0 fully saturated rings. The molecule has 5 N–H and O–H groups in total. The number of anilines is 4. The number of benzene rings is 2. The summed E-state index contributed by atoms with van der Waals surface area (Å²) in [4.78, 5) is 15.1. The van der Waals surface area contributed by atoms with Crippen LogP contribution in [0.1, 0.15) is 0 Å². The van der Waals surface area contributed by atoms with Crippen LogP contribution in [0.5, 0.6) is 0 Å². The average molecular weight is 522 g/mol. The van der Waals surface area contributed by atoms with E-state index in [2.05, 4.69) is 69.9 Å². The van der Waals surface area contributed by atoms with Gasteiger partial charge in [0.15, 0.2) is 5.69 Å². The van der Waals surface area contributed by atoms with Crippen LogP contribution in [0, 0.1) is 0 Å². The molecule has 142 valence electrons. The highest BCUT2D eigenvalue weighted by Gasteiger charge is 2.10. The number of aromatic amines is 1. The Hall–Kier alpha value is -2.56. The second-order valence-electron chi connectivity index (χ2n) is 5.57. The molecule has 28 heavy (non-hydrogen) atoms. The lowest BCUT2D eigenvalue weighted by Gasteiger charge is -2.14. The Balaban J connectivity index is 2.01. The third-order valence-corrected chi connectivity index (χ3v) is 4.65. The Morgan fingerprint density at radius 2 is 1.50 bits per heavy atom. The molecule has 3 rings (SSSR count). The lowest BCUT2D eigenvalue weighted by molar-refractivity contribution is 1.17. The number of aromatic nitrogens is 1. The minimum absolute atomic E-state index is 0.0776. The van der Waals surface area contributed by atoms with E-state index in [1.807, 2.05) is 48.5 Å². The van der Waals surface area contributed by atoms with E-state index >= 15 is 0 Å². The normalized spacial score (nSPS) is 10.8. The summed E-state index contributed by atoms with van der Waals surface area (Å²) < 4.78 is 1.91. The average Bonchev–Trinajstić information content (AvgIpc) is 2.66. The number of hydrogen-bond donors (Lipinski definition) is 4. The first-order valence-electron chi connectivity index (χ1n) is 7.94. The van der Waals surface area contributed by atoms with Crippen molar-refractivity contribution in [1.82, 2.24) is 4.98 Å². The van der Waals surface area contributed by atoms with Gasteiger partial charge in [0, 0.05) is 20.3 Å². The fourth-order valence-corrected chi connectivity index (χ4v) is 2.83. The maximum atomic E-state index is 12.4. The van der Waals surface area contributed by atoms with E-state index in [4.69, 9.17) is 5.73 Å². The zero-order valence-corrected chi connectivity index (χ0v) is 18.2. The smallest absolute Gasteiger partial charge is 0.277 e. The molecule has 7 nitrogen and oxygen atoms in total. The summed E-state index contributed by atoms with van der Waals surface area (Å²) in [6.45, 7) is 0. The van der Waals surface area contributed by atoms with Gasteiger partial charge in [0.25, 0.3) is 5.56 Å². The number of H-pyrrole nitrogens is 1. The summed E-state index contributed by atoms with van der Waals surface area (Å²) >= 11 is 11.5. The minimum Gasteiger partial charge on any atom is -0.373 e. The SMILES string of the molecule is NC(=S)N=Nc1cc(Nc2ccc(Br)cc2)c(Nc2ccc(Br)cc2)[nH]c1=O. The van der Waals surface area contributed by atoms with Crippen molar-refractivity contribution in [2.24, 2.45) is 16.0 Å². The number of rotatable bonds is 5. The maximum absolute atomic E-state index is 12.4. The van der Waals surface area contributed by atoms with Gasteiger partial charge in [0.05, 0.1) is 5.69 Å². The molecule has 0 aliphatic heterocycles. The third-order valence-electron chi connectivity index (χ3n) is 3.51. The topological polar surface area (TPSA) is 108 Å². The van der Waals surface area contributed by atoms with Crippen molar-refractivity contribution in [3.63, 3.8) is 0 Å². The zero-order valence-electron chi connectivity index (χ0n) is 14.2. The van der Waals surface area contributed by atoms with Gasteiger partial charge in [0.1, 0.15) is 5.82 Å². The Bertz CT molecular complexity index is 1080. The first-order chi connectivity index (χ1) is 13.4. The molecule has 0 bridgehead atoms. The van der Waals surface area contributed by atoms with Crippen LogP contribution in [0.25, 0.3) is 0 Å². The van der Waals surface area contributed by atoms with Crippen molar-refractivity contribution >= 4 is 77.8 Å². The maximum Gasteiger partial charge on any atom is 0.277 e. The fraction of sp³-hybridized carbons (Fsp3) is 0. The predicted octanol–water partition coefficient (Wildman–Crippen LogP) is 5.71. The fourth-order valence-electron chi connectivity index (χ4n) is 2.26. The van der Waals surface area contributed by atoms with Gasteiger partial charge in [-0.25, -0.2) is 0 Å². The lowest BCUT2D eigenvalue weighted by Crippen LogP contribution is -2.11. The molecule has 2 aromatic carbocycles. The van der Waals surface area contributed by atoms with E-state index in [0.29, 0.717) is 11.5 Å². The number of nitrogens with two attached hydrogens (primary N) is 1. The summed E-state index contributed by atoms with van der Waals surface area (Å²) in [6, 6.07) is 16.7. The van der Waals surface area contributed by atoms with Crippen LogP contribution in [0.4, 0.5) is 28.6 Å². The van der Waals surface area contributed by atoms with E-state index in [1.165, 1.54) is 0 Å². The highest BCUT2D eigenvalue weighted by atomic mass is 79.9. The van der Waals surface area contributed by atoms with E-state index in [0.717, 1.165) is 20.3 Å². The van der Waals surface area contributed by atoms with Crippen molar-refractivity contribution < 1.29 is 0 Å². The zero-order chi connectivity index (χ0) is 20.1. The van der Waals surface area contributed by atoms with Crippen LogP contribution in [0.15, 0.2) is 78.6 Å². The molecule has 0 saturated carbocycles. The molecule has 0 unspecified atom stereocenters. The summed E-state index contributed by atoms with van der Waals surface area (Å²) in [5.74, 6) is 0.476. The van der Waals surface area contributed by atoms with E-state index in [9.17, 15) is 4.79 Å². The first kappa shape index (κ1) is 20.2. The molecule has 0 amide bonds. The molecule has 0 aliphatic rings. The molecule has 0 spiro atoms. The second kappa shape index (κ2) is 9.09. The number of azo groups is 1. The number of thiocarbonyl (C=S) groups is 1. The molecular formula is C18H14Br2N6OS. The number of halogens is 2. The van der Waals surface area contributed by atoms with E-state index < -0.39 is 5.56 Å².